The molecule has 0 aliphatic carbocycles. The number of sulfonamides is 1. The first-order chi connectivity index (χ1) is 13.6. The highest BCUT2D eigenvalue weighted by Crippen LogP contribution is 2.22. The number of aliphatic carboxylic acids is 1. The molecule has 2 heterocycles. The van der Waals surface area contributed by atoms with Gasteiger partial charge in [0.1, 0.15) is 17.4 Å². The lowest BCUT2D eigenvalue weighted by molar-refractivity contribution is -0.142. The van der Waals surface area contributed by atoms with Crippen molar-refractivity contribution in [1.29, 1.82) is 0 Å². The minimum absolute atomic E-state index is 0.0621. The smallest absolute Gasteiger partial charge is 0.322 e. The molecule has 0 fully saturated rings. The van der Waals surface area contributed by atoms with E-state index in [-0.39, 0.29) is 10.8 Å². The Bertz CT molecular complexity index is 1140. The van der Waals surface area contributed by atoms with Crippen molar-refractivity contribution in [2.75, 3.05) is 7.05 Å². The van der Waals surface area contributed by atoms with E-state index in [1.807, 2.05) is 17.6 Å². The first kappa shape index (κ1) is 20.9. The van der Waals surface area contributed by atoms with Crippen LogP contribution in [-0.4, -0.2) is 51.4 Å². The Kier molecular flexibility index (Phi) is 5.72. The second-order valence-electron chi connectivity index (χ2n) is 7.30. The summed E-state index contributed by atoms with van der Waals surface area (Å²) in [5, 5.41) is 9.41. The van der Waals surface area contributed by atoms with E-state index < -0.39 is 22.0 Å². The molecule has 0 aliphatic heterocycles. The minimum Gasteiger partial charge on any atom is -0.480 e. The zero-order valence-corrected chi connectivity index (χ0v) is 17.6. The molecule has 0 saturated carbocycles. The van der Waals surface area contributed by atoms with E-state index in [0.29, 0.717) is 6.54 Å². The molecule has 0 unspecified atom stereocenters. The van der Waals surface area contributed by atoms with Gasteiger partial charge in [0.15, 0.2) is 0 Å². The molecule has 1 aromatic carbocycles. The molecule has 0 spiro atoms. The molecule has 0 bridgehead atoms. The third kappa shape index (κ3) is 4.01. The Hall–Kier alpha value is -2.78. The summed E-state index contributed by atoms with van der Waals surface area (Å²) in [5.41, 5.74) is 2.67. The number of hydrogen-bond acceptors (Lipinski definition) is 5. The normalized spacial score (nSPS) is 13.3. The number of carbonyl (C=O) groups is 1. The number of benzene rings is 1. The molecular weight excluding hydrogens is 392 g/mol. The topological polar surface area (TPSA) is 105 Å². The van der Waals surface area contributed by atoms with E-state index in [9.17, 15) is 18.3 Å². The highest BCUT2D eigenvalue weighted by molar-refractivity contribution is 7.89. The Morgan fingerprint density at radius 3 is 2.45 bits per heavy atom. The monoisotopic (exact) mass is 416 g/mol. The molecule has 1 atom stereocenters. The summed E-state index contributed by atoms with van der Waals surface area (Å²) in [6.07, 6.45) is 3.41. The van der Waals surface area contributed by atoms with Gasteiger partial charge in [0.25, 0.3) is 0 Å². The van der Waals surface area contributed by atoms with Gasteiger partial charge in [0.05, 0.1) is 16.6 Å². The lowest BCUT2D eigenvalue weighted by atomic mass is 10.1. The number of nitrogens with zero attached hydrogens (tertiary/aromatic N) is 4. The van der Waals surface area contributed by atoms with E-state index in [1.165, 1.54) is 19.2 Å². The molecule has 3 aromatic rings. The summed E-state index contributed by atoms with van der Waals surface area (Å²) in [6, 6.07) is 7.25. The van der Waals surface area contributed by atoms with Gasteiger partial charge in [0, 0.05) is 19.8 Å². The predicted molar refractivity (Wildman–Crippen MR) is 109 cm³/mol. The van der Waals surface area contributed by atoms with Crippen molar-refractivity contribution in [1.82, 2.24) is 18.8 Å². The zero-order valence-electron chi connectivity index (χ0n) is 16.8. The van der Waals surface area contributed by atoms with Crippen LogP contribution in [-0.2, 0) is 21.4 Å². The average Bonchev–Trinajstić information content (AvgIpc) is 2.97. The number of carboxylic acid groups (broad SMARTS) is 1. The van der Waals surface area contributed by atoms with E-state index >= 15 is 0 Å². The number of aromatic nitrogens is 3. The van der Waals surface area contributed by atoms with Crippen molar-refractivity contribution in [3.8, 4) is 0 Å². The number of carboxylic acids is 1. The number of imidazole rings is 1. The van der Waals surface area contributed by atoms with E-state index in [4.69, 9.17) is 0 Å². The summed E-state index contributed by atoms with van der Waals surface area (Å²) in [6.45, 7) is 5.81. The standard InChI is InChI=1S/C20H24N4O4S/c1-13(2)19(20(25)26)23(4)29(27,28)16-7-5-15(6-8-16)12-24-14(3)22-17-11-21-10-9-18(17)24/h5-11,13,19H,12H2,1-4H3,(H,25,26)/t19-/m0/s1. The molecule has 0 saturated heterocycles. The second-order valence-corrected chi connectivity index (χ2v) is 9.30. The molecular formula is C20H24N4O4S. The maximum absolute atomic E-state index is 12.9. The molecule has 0 radical (unpaired) electrons. The molecule has 3 rings (SSSR count). The second kappa shape index (κ2) is 7.92. The van der Waals surface area contributed by atoms with Gasteiger partial charge >= 0.3 is 5.97 Å². The maximum atomic E-state index is 12.9. The molecule has 9 heteroatoms. The van der Waals surface area contributed by atoms with Crippen LogP contribution in [0.1, 0.15) is 25.2 Å². The van der Waals surface area contributed by atoms with Crippen molar-refractivity contribution in [2.45, 2.75) is 38.3 Å². The summed E-state index contributed by atoms with van der Waals surface area (Å²) in [4.78, 5) is 20.1. The number of likely N-dealkylation sites (N-methyl/N-ethyl adjacent to an activating group) is 1. The lowest BCUT2D eigenvalue weighted by Crippen LogP contribution is -2.45. The van der Waals surface area contributed by atoms with Crippen LogP contribution in [0.3, 0.4) is 0 Å². The van der Waals surface area contributed by atoms with Gasteiger partial charge in [-0.2, -0.15) is 4.31 Å². The van der Waals surface area contributed by atoms with E-state index in [0.717, 1.165) is 26.7 Å². The summed E-state index contributed by atoms with van der Waals surface area (Å²) in [7, 11) is -2.62. The zero-order chi connectivity index (χ0) is 21.3. The summed E-state index contributed by atoms with van der Waals surface area (Å²) >= 11 is 0. The van der Waals surface area contributed by atoms with Crippen LogP contribution in [0.2, 0.25) is 0 Å². The molecule has 2 aromatic heterocycles. The van der Waals surface area contributed by atoms with Crippen molar-refractivity contribution in [3.63, 3.8) is 0 Å². The number of rotatable bonds is 7. The van der Waals surface area contributed by atoms with E-state index in [1.54, 1.807) is 38.4 Å². The molecule has 29 heavy (non-hydrogen) atoms. The highest BCUT2D eigenvalue weighted by Gasteiger charge is 2.34. The average molecular weight is 417 g/mol. The predicted octanol–water partition coefficient (Wildman–Crippen LogP) is 2.52. The van der Waals surface area contributed by atoms with Crippen LogP contribution in [0.15, 0.2) is 47.6 Å². The number of fused-ring (bicyclic) bond motifs is 1. The minimum atomic E-state index is -3.92. The van der Waals surface area contributed by atoms with Gasteiger partial charge in [-0.15, -0.1) is 0 Å². The SMILES string of the molecule is Cc1nc2cnccc2n1Cc1ccc(S(=O)(=O)N(C)[C@H](C(=O)O)C(C)C)cc1. The van der Waals surface area contributed by atoms with Crippen molar-refractivity contribution in [2.24, 2.45) is 5.92 Å². The molecule has 0 aliphatic rings. The summed E-state index contributed by atoms with van der Waals surface area (Å²) in [5.74, 6) is -0.691. The Morgan fingerprint density at radius 2 is 1.86 bits per heavy atom. The fourth-order valence-electron chi connectivity index (χ4n) is 3.43. The van der Waals surface area contributed by atoms with Gasteiger partial charge in [-0.1, -0.05) is 26.0 Å². The number of hydrogen-bond donors (Lipinski definition) is 1. The van der Waals surface area contributed by atoms with Gasteiger partial charge < -0.3 is 9.67 Å². The van der Waals surface area contributed by atoms with Crippen LogP contribution in [0.25, 0.3) is 11.0 Å². The fourth-order valence-corrected chi connectivity index (χ4v) is 4.87. The van der Waals surface area contributed by atoms with Crippen molar-refractivity contribution < 1.29 is 18.3 Å². The number of pyridine rings is 1. The quantitative estimate of drug-likeness (QED) is 0.634. The maximum Gasteiger partial charge on any atom is 0.322 e. The third-order valence-electron chi connectivity index (χ3n) is 4.96. The van der Waals surface area contributed by atoms with Crippen molar-refractivity contribution in [3.05, 3.63) is 54.1 Å². The molecule has 154 valence electrons. The van der Waals surface area contributed by atoms with Gasteiger partial charge in [-0.05, 0) is 36.6 Å². The van der Waals surface area contributed by atoms with Crippen molar-refractivity contribution >= 4 is 27.0 Å². The Morgan fingerprint density at radius 1 is 1.21 bits per heavy atom. The van der Waals surface area contributed by atoms with Gasteiger partial charge in [0.2, 0.25) is 10.0 Å². The van der Waals surface area contributed by atoms with Crippen LogP contribution >= 0.6 is 0 Å². The third-order valence-corrected chi connectivity index (χ3v) is 6.81. The Balaban J connectivity index is 1.87. The van der Waals surface area contributed by atoms with Crippen LogP contribution in [0.4, 0.5) is 0 Å². The molecule has 0 amide bonds. The van der Waals surface area contributed by atoms with Gasteiger partial charge in [-0.3, -0.25) is 9.78 Å². The lowest BCUT2D eigenvalue weighted by Gasteiger charge is -2.27. The van der Waals surface area contributed by atoms with Crippen LogP contribution in [0.5, 0.6) is 0 Å². The van der Waals surface area contributed by atoms with Gasteiger partial charge in [-0.25, -0.2) is 13.4 Å². The highest BCUT2D eigenvalue weighted by atomic mass is 32.2. The molecule has 8 nitrogen and oxygen atoms in total. The fraction of sp³-hybridized carbons (Fsp3) is 0.350. The summed E-state index contributed by atoms with van der Waals surface area (Å²) < 4.78 is 28.7. The van der Waals surface area contributed by atoms with E-state index in [2.05, 4.69) is 9.97 Å². The number of aryl methyl sites for hydroxylation is 1. The first-order valence-electron chi connectivity index (χ1n) is 9.19. The van der Waals surface area contributed by atoms with Crippen LogP contribution in [0, 0.1) is 12.8 Å². The Labute approximate surface area is 169 Å². The van der Waals surface area contributed by atoms with Crippen LogP contribution < -0.4 is 0 Å². The first-order valence-corrected chi connectivity index (χ1v) is 10.6. The largest absolute Gasteiger partial charge is 0.480 e. The molecule has 1 N–H and O–H groups in total.